The molecule has 2 aromatic rings. The molecule has 1 aliphatic carbocycles. The summed E-state index contributed by atoms with van der Waals surface area (Å²) >= 11 is 0. The minimum absolute atomic E-state index is 0. The summed E-state index contributed by atoms with van der Waals surface area (Å²) in [5.74, 6) is -0.420. The summed E-state index contributed by atoms with van der Waals surface area (Å²) < 4.78 is 17.6. The number of ether oxygens (including phenoxy) is 3. The third kappa shape index (κ3) is 5.63. The van der Waals surface area contributed by atoms with E-state index < -0.39 is 29.5 Å². The molecule has 1 spiro atoms. The number of nitrogens with zero attached hydrogens (tertiary/aromatic N) is 2. The number of aliphatic hydroxyl groups is 1. The van der Waals surface area contributed by atoms with Crippen LogP contribution in [0, 0.1) is 22.0 Å². The van der Waals surface area contributed by atoms with Crippen LogP contribution in [0.2, 0.25) is 0 Å². The Bertz CT molecular complexity index is 1730. The second-order valence-corrected chi connectivity index (χ2v) is 13.4. The molecule has 0 aromatic heterocycles. The fraction of sp³-hybridized carbons (Fsp3) is 0.515. The Morgan fingerprint density at radius 1 is 1.18 bits per heavy atom. The van der Waals surface area contributed by atoms with E-state index in [-0.39, 0.29) is 51.1 Å². The summed E-state index contributed by atoms with van der Waals surface area (Å²) in [5, 5.41) is 33.1. The van der Waals surface area contributed by atoms with Crippen LogP contribution in [0.3, 0.4) is 0 Å². The van der Waals surface area contributed by atoms with Gasteiger partial charge in [-0.05, 0) is 29.2 Å². The van der Waals surface area contributed by atoms with Crippen LogP contribution in [-0.4, -0.2) is 109 Å². The number of piperidine rings is 2. The molecule has 18 nitrogen and oxygen atoms in total. The maximum absolute atomic E-state index is 13.5. The predicted octanol–water partition coefficient (Wildman–Crippen LogP) is -3.12. The third-order valence-corrected chi connectivity index (χ3v) is 11.5. The lowest BCUT2D eigenvalue weighted by atomic mass is 9.53. The number of non-ortho nitro benzene ring substituents is 1. The number of nitrogens with one attached hydrogen (secondary N) is 2. The van der Waals surface area contributed by atoms with Crippen molar-refractivity contribution < 1.29 is 70.0 Å². The number of quaternary nitrogens is 1. The molecule has 2 aromatic carbocycles. The quantitative estimate of drug-likeness (QED) is 0.0846. The van der Waals surface area contributed by atoms with Gasteiger partial charge < -0.3 is 56.0 Å². The van der Waals surface area contributed by atoms with Crippen molar-refractivity contribution in [1.29, 1.82) is 0 Å². The largest absolute Gasteiger partial charge is 0.800 e. The molecule has 1 saturated carbocycles. The molecule has 51 heavy (non-hydrogen) atoms. The van der Waals surface area contributed by atoms with Crippen molar-refractivity contribution >= 4 is 23.2 Å². The fourth-order valence-corrected chi connectivity index (χ4v) is 9.50. The number of anilines is 1. The molecular formula is C33H42N4O14. The molecule has 2 bridgehead atoms. The predicted molar refractivity (Wildman–Crippen MR) is 173 cm³/mol. The van der Waals surface area contributed by atoms with Gasteiger partial charge in [0.2, 0.25) is 5.91 Å². The number of rotatable bonds is 7. The number of carbonyl (C=O) groups excluding carboxylic acids is 2. The smallest absolute Gasteiger partial charge is 0.270 e. The maximum Gasteiger partial charge on any atom is 0.270 e. The number of nitro groups is 1. The van der Waals surface area contributed by atoms with Gasteiger partial charge in [0, 0.05) is 42.5 Å². The summed E-state index contributed by atoms with van der Waals surface area (Å²) in [7, 11) is 3.37. The molecule has 18 heteroatoms. The number of amides is 2. The van der Waals surface area contributed by atoms with Crippen LogP contribution in [-0.2, 0) is 24.7 Å². The molecule has 7 aliphatic rings. The zero-order valence-corrected chi connectivity index (χ0v) is 27.9. The normalized spacial score (nSPS) is 30.9. The van der Waals surface area contributed by atoms with Gasteiger partial charge in [-0.15, -0.1) is 0 Å². The van der Waals surface area contributed by atoms with Crippen molar-refractivity contribution in [2.24, 2.45) is 11.8 Å². The zero-order chi connectivity index (χ0) is 33.5. The highest BCUT2D eigenvalue weighted by molar-refractivity contribution is 5.99. The molecule has 6 aliphatic heterocycles. The molecule has 2 amide bonds. The average Bonchev–Trinajstić information content (AvgIpc) is 3.67. The van der Waals surface area contributed by atoms with Crippen LogP contribution in [0.15, 0.2) is 48.0 Å². The van der Waals surface area contributed by atoms with E-state index >= 15 is 0 Å². The van der Waals surface area contributed by atoms with Crippen LogP contribution < -0.4 is 29.7 Å². The number of carbonyl (C=O) groups is 2. The number of fused-ring (bicyclic) bond motifs is 2. The Morgan fingerprint density at radius 3 is 2.57 bits per heavy atom. The van der Waals surface area contributed by atoms with E-state index in [0.717, 1.165) is 30.5 Å². The van der Waals surface area contributed by atoms with Crippen molar-refractivity contribution in [2.75, 3.05) is 45.4 Å². The molecule has 8 atom stereocenters. The Labute approximate surface area is 291 Å². The van der Waals surface area contributed by atoms with Gasteiger partial charge in [-0.1, -0.05) is 12.1 Å². The lowest BCUT2D eigenvalue weighted by Gasteiger charge is -2.56. The van der Waals surface area contributed by atoms with Gasteiger partial charge in [0.05, 0.1) is 81.2 Å². The molecular weight excluding hydrogens is 676 g/mol. The van der Waals surface area contributed by atoms with Crippen LogP contribution in [0.5, 0.6) is 11.5 Å². The van der Waals surface area contributed by atoms with Crippen LogP contribution in [0.1, 0.15) is 35.2 Å². The van der Waals surface area contributed by atoms with Gasteiger partial charge in [-0.25, -0.2) is 9.78 Å². The topological polar surface area (TPSA) is 288 Å². The second-order valence-electron chi connectivity index (χ2n) is 13.4. The van der Waals surface area contributed by atoms with Crippen molar-refractivity contribution in [3.05, 3.63) is 69.3 Å². The van der Waals surface area contributed by atoms with Gasteiger partial charge in [0.25, 0.3) is 11.6 Å². The van der Waals surface area contributed by atoms with E-state index in [1.54, 1.807) is 24.7 Å². The highest BCUT2D eigenvalue weighted by atomic mass is 17.4. The third-order valence-electron chi connectivity index (χ3n) is 11.5. The highest BCUT2D eigenvalue weighted by Crippen LogP contribution is 2.63. The molecule has 9 rings (SSSR count). The number of nitro benzene ring substituents is 1. The number of benzene rings is 2. The minimum atomic E-state index is -2.30. The van der Waals surface area contributed by atoms with Gasteiger partial charge >= 0.3 is 0 Å². The van der Waals surface area contributed by atoms with E-state index in [2.05, 4.69) is 38.2 Å². The molecule has 6 heterocycles. The van der Waals surface area contributed by atoms with Gasteiger partial charge in [0.1, 0.15) is 6.04 Å². The van der Waals surface area contributed by atoms with Crippen LogP contribution in [0.25, 0.3) is 0 Å². The van der Waals surface area contributed by atoms with Crippen LogP contribution >= 0.6 is 0 Å². The number of methoxy groups -OCH3 is 2. The van der Waals surface area contributed by atoms with Crippen molar-refractivity contribution in [1.82, 2.24) is 5.32 Å². The summed E-state index contributed by atoms with van der Waals surface area (Å²) in [5.41, 5.74) is 3.68. The summed E-state index contributed by atoms with van der Waals surface area (Å²) in [6, 6.07) is 8.64. The van der Waals surface area contributed by atoms with Crippen molar-refractivity contribution in [3.8, 4) is 11.5 Å². The van der Waals surface area contributed by atoms with E-state index in [0.29, 0.717) is 36.7 Å². The molecule has 9 N–H and O–H groups in total. The van der Waals surface area contributed by atoms with Crippen LogP contribution in [0.4, 0.5) is 11.4 Å². The Kier molecular flexibility index (Phi) is 10.2. The first-order chi connectivity index (χ1) is 23.1. The fourth-order valence-electron chi connectivity index (χ4n) is 9.50. The molecule has 0 radical (unpaired) electrons. The Morgan fingerprint density at radius 2 is 1.90 bits per heavy atom. The summed E-state index contributed by atoms with van der Waals surface area (Å²) in [6.07, 6.45) is 5.22. The SMILES string of the molecule is COc1cc2c(cc1OC)[C@@]13CC[NH+]4CC5=CCO[C@H]6CC(=O)N2[C@H]1[C@H]6[C@H]5C[C@H]43.O.O.O.O=C(N[C@H](CO)C1([O-])OO1)c1cccc([N+](=O)[O-])c1. The first-order valence-corrected chi connectivity index (χ1v) is 16.1. The number of hydrogen-bond donors (Lipinski definition) is 3. The molecule has 5 fully saturated rings. The highest BCUT2D eigenvalue weighted by Gasteiger charge is 2.73. The van der Waals surface area contributed by atoms with Crippen molar-refractivity contribution in [2.45, 2.75) is 54.9 Å². The van der Waals surface area contributed by atoms with E-state index in [4.69, 9.17) is 19.3 Å². The average molecular weight is 719 g/mol. The lowest BCUT2D eigenvalue weighted by molar-refractivity contribution is -0.916. The number of hydrogen-bond acceptors (Lipinski definition) is 11. The summed E-state index contributed by atoms with van der Waals surface area (Å²) in [6.45, 7) is 2.29. The second kappa shape index (κ2) is 13.7. The monoisotopic (exact) mass is 718 g/mol. The van der Waals surface area contributed by atoms with Crippen molar-refractivity contribution in [3.63, 3.8) is 0 Å². The van der Waals surface area contributed by atoms with Gasteiger partial charge in [0.15, 0.2) is 17.5 Å². The standard InChI is InChI=1S/C23H26N2O4.C10H9N2O7.3H2O/c1-27-16-8-14-15(9-17(16)28-2)25-20(26)10-18-21-13-7-19-23(14,22(21)25)4-5-24(19)11-12(13)3-6-29-18;13-5-8(10(15)18-19-10)11-9(14)6-2-1-3-7(4-6)12(16)17;;;/h3,8-9,13,18-19,21-22H,4-7,10-11H2,1-2H3;1-4,8,13H,5H2,(H,11,14);3*1H2/q;-1;;;/p+1/t13-,18-,19-,21-,22-,23+;8-;;;/m01.../s1. The van der Waals surface area contributed by atoms with E-state index in [1.165, 1.54) is 36.7 Å². The van der Waals surface area contributed by atoms with E-state index in [1.807, 2.05) is 0 Å². The minimum Gasteiger partial charge on any atom is -0.800 e. The molecule has 4 saturated heterocycles. The number of aliphatic hydroxyl groups excluding tert-OH is 1. The molecule has 1 unspecified atom stereocenters. The Balaban J connectivity index is 0.000000203. The molecule has 278 valence electrons. The summed E-state index contributed by atoms with van der Waals surface area (Å²) in [4.78, 5) is 47.2. The van der Waals surface area contributed by atoms with Gasteiger partial charge in [-0.3, -0.25) is 19.7 Å². The first-order valence-electron chi connectivity index (χ1n) is 16.1. The first kappa shape index (κ1) is 38.0. The van der Waals surface area contributed by atoms with Gasteiger partial charge in [-0.2, -0.15) is 0 Å². The van der Waals surface area contributed by atoms with E-state index in [9.17, 15) is 24.8 Å². The Hall–Kier alpha value is -4.24. The maximum atomic E-state index is 13.5. The zero-order valence-electron chi connectivity index (χ0n) is 27.9. The lowest BCUT2D eigenvalue weighted by Crippen LogP contribution is -3.16.